The molecule has 94 valence electrons. The molecule has 0 unspecified atom stereocenters. The smallest absolute Gasteiger partial charge is 0.119 e. The summed E-state index contributed by atoms with van der Waals surface area (Å²) < 4.78 is 11.9. The van der Waals surface area contributed by atoms with E-state index in [2.05, 4.69) is 15.9 Å². The number of nitrogen functional groups attached to an aromatic ring is 1. The lowest BCUT2D eigenvalue weighted by atomic mass is 10.2. The molecule has 0 radical (unpaired) electrons. The highest BCUT2D eigenvalue weighted by Gasteiger charge is 2.03. The number of hydrogen-bond acceptors (Lipinski definition) is 3. The Kier molecular flexibility index (Phi) is 4.10. The minimum Gasteiger partial charge on any atom is -0.497 e. The van der Waals surface area contributed by atoms with Gasteiger partial charge >= 0.3 is 0 Å². The summed E-state index contributed by atoms with van der Waals surface area (Å²) in [6.45, 7) is 0.474. The lowest BCUT2D eigenvalue weighted by molar-refractivity contribution is 0.304. The lowest BCUT2D eigenvalue weighted by Crippen LogP contribution is -1.97. The van der Waals surface area contributed by atoms with Gasteiger partial charge in [0.1, 0.15) is 18.1 Å². The third-order valence-electron chi connectivity index (χ3n) is 2.53. The molecule has 2 aromatic rings. The van der Waals surface area contributed by atoms with Gasteiger partial charge in [0.15, 0.2) is 0 Å². The summed E-state index contributed by atoms with van der Waals surface area (Å²) in [7, 11) is 1.65. The zero-order valence-electron chi connectivity index (χ0n) is 10.0. The zero-order valence-corrected chi connectivity index (χ0v) is 11.6. The summed E-state index contributed by atoms with van der Waals surface area (Å²) >= 11 is 3.49. The van der Waals surface area contributed by atoms with Gasteiger partial charge in [0, 0.05) is 15.7 Å². The van der Waals surface area contributed by atoms with Crippen molar-refractivity contribution in [3.8, 4) is 11.5 Å². The molecule has 0 spiro atoms. The van der Waals surface area contributed by atoms with Crippen LogP contribution in [0.1, 0.15) is 5.56 Å². The zero-order chi connectivity index (χ0) is 13.0. The normalized spacial score (nSPS) is 10.1. The molecule has 0 aliphatic heterocycles. The van der Waals surface area contributed by atoms with Crippen LogP contribution in [0.5, 0.6) is 11.5 Å². The Morgan fingerprint density at radius 3 is 2.39 bits per heavy atom. The summed E-state index contributed by atoms with van der Waals surface area (Å²) in [5, 5.41) is 0. The predicted octanol–water partition coefficient (Wildman–Crippen LogP) is 3.62. The van der Waals surface area contributed by atoms with E-state index in [9.17, 15) is 0 Å². The molecule has 0 aromatic heterocycles. The summed E-state index contributed by atoms with van der Waals surface area (Å²) in [6, 6.07) is 13.1. The highest BCUT2D eigenvalue weighted by molar-refractivity contribution is 9.10. The van der Waals surface area contributed by atoms with Gasteiger partial charge in [-0.05, 0) is 42.5 Å². The minimum absolute atomic E-state index is 0.474. The third kappa shape index (κ3) is 3.17. The van der Waals surface area contributed by atoms with Crippen LogP contribution in [0.3, 0.4) is 0 Å². The highest BCUT2D eigenvalue weighted by atomic mass is 79.9. The third-order valence-corrected chi connectivity index (χ3v) is 3.30. The maximum absolute atomic E-state index is 5.69. The summed E-state index contributed by atoms with van der Waals surface area (Å²) in [4.78, 5) is 0. The molecule has 2 rings (SSSR count). The largest absolute Gasteiger partial charge is 0.497 e. The van der Waals surface area contributed by atoms with Crippen LogP contribution in [0.2, 0.25) is 0 Å². The van der Waals surface area contributed by atoms with Gasteiger partial charge in [-0.2, -0.15) is 0 Å². The lowest BCUT2D eigenvalue weighted by Gasteiger charge is -2.09. The van der Waals surface area contributed by atoms with Crippen molar-refractivity contribution in [3.05, 3.63) is 52.5 Å². The van der Waals surface area contributed by atoms with Crippen LogP contribution >= 0.6 is 15.9 Å². The molecular formula is C14H14BrNO2. The number of halogens is 1. The number of nitrogens with two attached hydrogens (primary N) is 1. The van der Waals surface area contributed by atoms with Crippen molar-refractivity contribution < 1.29 is 9.47 Å². The topological polar surface area (TPSA) is 44.5 Å². The number of anilines is 1. The van der Waals surface area contributed by atoms with Gasteiger partial charge in [-0.15, -0.1) is 0 Å². The number of rotatable bonds is 4. The Bertz CT molecular complexity index is 526. The molecule has 0 bridgehead atoms. The van der Waals surface area contributed by atoms with Crippen LogP contribution in [-0.2, 0) is 6.61 Å². The molecule has 0 aliphatic carbocycles. The van der Waals surface area contributed by atoms with E-state index in [0.29, 0.717) is 6.61 Å². The highest BCUT2D eigenvalue weighted by Crippen LogP contribution is 2.24. The second-order valence-electron chi connectivity index (χ2n) is 3.82. The SMILES string of the molecule is COc1ccc(Br)c(COc2ccc(N)cc2)c1. The van der Waals surface area contributed by atoms with E-state index in [-0.39, 0.29) is 0 Å². The van der Waals surface area contributed by atoms with E-state index >= 15 is 0 Å². The predicted molar refractivity (Wildman–Crippen MR) is 75.9 cm³/mol. The fraction of sp³-hybridized carbons (Fsp3) is 0.143. The molecule has 18 heavy (non-hydrogen) atoms. The van der Waals surface area contributed by atoms with Gasteiger partial charge in [0.2, 0.25) is 0 Å². The Labute approximate surface area is 115 Å². The van der Waals surface area contributed by atoms with Crippen molar-refractivity contribution in [1.82, 2.24) is 0 Å². The molecule has 0 amide bonds. The molecule has 4 heteroatoms. The number of methoxy groups -OCH3 is 1. The standard InChI is InChI=1S/C14H14BrNO2/c1-17-13-6-7-14(15)10(8-13)9-18-12-4-2-11(16)3-5-12/h2-8H,9,16H2,1H3. The quantitative estimate of drug-likeness (QED) is 0.877. The first-order chi connectivity index (χ1) is 8.69. The van der Waals surface area contributed by atoms with Crippen molar-refractivity contribution in [1.29, 1.82) is 0 Å². The van der Waals surface area contributed by atoms with Crippen LogP contribution < -0.4 is 15.2 Å². The summed E-state index contributed by atoms with van der Waals surface area (Å²) in [6.07, 6.45) is 0. The van der Waals surface area contributed by atoms with Gasteiger partial charge < -0.3 is 15.2 Å². The first-order valence-corrected chi connectivity index (χ1v) is 6.29. The molecule has 0 saturated carbocycles. The van der Waals surface area contributed by atoms with E-state index < -0.39 is 0 Å². The van der Waals surface area contributed by atoms with E-state index in [1.165, 1.54) is 0 Å². The van der Waals surface area contributed by atoms with E-state index in [1.807, 2.05) is 42.5 Å². The van der Waals surface area contributed by atoms with Crippen molar-refractivity contribution in [2.24, 2.45) is 0 Å². The van der Waals surface area contributed by atoms with Crippen LogP contribution in [-0.4, -0.2) is 7.11 Å². The van der Waals surface area contributed by atoms with Gasteiger partial charge in [0.05, 0.1) is 7.11 Å². The van der Waals surface area contributed by atoms with Gasteiger partial charge in [-0.25, -0.2) is 0 Å². The molecule has 0 heterocycles. The summed E-state index contributed by atoms with van der Waals surface area (Å²) in [5.41, 5.74) is 7.38. The maximum Gasteiger partial charge on any atom is 0.119 e. The number of ether oxygens (including phenoxy) is 2. The second-order valence-corrected chi connectivity index (χ2v) is 4.67. The molecule has 0 saturated heterocycles. The van der Waals surface area contributed by atoms with Crippen LogP contribution in [0.15, 0.2) is 46.9 Å². The monoisotopic (exact) mass is 307 g/mol. The van der Waals surface area contributed by atoms with E-state index in [0.717, 1.165) is 27.2 Å². The average Bonchev–Trinajstić information content (AvgIpc) is 2.40. The fourth-order valence-electron chi connectivity index (χ4n) is 1.51. The van der Waals surface area contributed by atoms with Crippen molar-refractivity contribution in [2.75, 3.05) is 12.8 Å². The number of hydrogen-bond donors (Lipinski definition) is 1. The van der Waals surface area contributed by atoms with Crippen molar-refractivity contribution in [3.63, 3.8) is 0 Å². The van der Waals surface area contributed by atoms with Gasteiger partial charge in [0.25, 0.3) is 0 Å². The van der Waals surface area contributed by atoms with Crippen LogP contribution in [0, 0.1) is 0 Å². The van der Waals surface area contributed by atoms with E-state index in [4.69, 9.17) is 15.2 Å². The van der Waals surface area contributed by atoms with Crippen molar-refractivity contribution in [2.45, 2.75) is 6.61 Å². The first-order valence-electron chi connectivity index (χ1n) is 5.50. The number of benzene rings is 2. The minimum atomic E-state index is 0.474. The van der Waals surface area contributed by atoms with Gasteiger partial charge in [-0.1, -0.05) is 15.9 Å². The fourth-order valence-corrected chi connectivity index (χ4v) is 1.87. The van der Waals surface area contributed by atoms with E-state index in [1.54, 1.807) is 7.11 Å². The average molecular weight is 308 g/mol. The Morgan fingerprint density at radius 1 is 1.06 bits per heavy atom. The Morgan fingerprint density at radius 2 is 1.72 bits per heavy atom. The second kappa shape index (κ2) is 5.78. The Balaban J connectivity index is 2.07. The molecular weight excluding hydrogens is 294 g/mol. The Hall–Kier alpha value is -1.68. The summed E-state index contributed by atoms with van der Waals surface area (Å²) in [5.74, 6) is 1.60. The maximum atomic E-state index is 5.69. The van der Waals surface area contributed by atoms with Crippen LogP contribution in [0.4, 0.5) is 5.69 Å². The molecule has 0 aliphatic rings. The van der Waals surface area contributed by atoms with Crippen molar-refractivity contribution >= 4 is 21.6 Å². The molecule has 3 nitrogen and oxygen atoms in total. The van der Waals surface area contributed by atoms with Gasteiger partial charge in [-0.3, -0.25) is 0 Å². The molecule has 2 N–H and O–H groups in total. The molecule has 2 aromatic carbocycles. The van der Waals surface area contributed by atoms with Crippen LogP contribution in [0.25, 0.3) is 0 Å². The molecule has 0 atom stereocenters. The molecule has 0 fully saturated rings. The first kappa shape index (κ1) is 12.8.